The number of aliphatic carboxylic acids is 1. The second-order valence-electron chi connectivity index (χ2n) is 20.0. The van der Waals surface area contributed by atoms with Crippen LogP contribution < -0.4 is 0 Å². The predicted molar refractivity (Wildman–Crippen MR) is 194 cm³/mol. The van der Waals surface area contributed by atoms with Crippen molar-refractivity contribution in [1.29, 1.82) is 0 Å². The smallest absolute Gasteiger partial charge is 0.309 e. The van der Waals surface area contributed by atoms with Crippen LogP contribution in [0.25, 0.3) is 0 Å². The number of carbonyl (C=O) groups excluding carboxylic acids is 2. The second kappa shape index (κ2) is 12.5. The number of carbonyl (C=O) groups is 3. The molecule has 0 amide bonds. The van der Waals surface area contributed by atoms with Gasteiger partial charge in [0.2, 0.25) is 0 Å². The molecule has 8 atom stereocenters. The number of Topliss-reactive ketones (excluding diaryl/α,β-unsaturated/α-hetero) is 1. The summed E-state index contributed by atoms with van der Waals surface area (Å²) in [4.78, 5) is 44.2. The Hall–Kier alpha value is -1.73. The summed E-state index contributed by atoms with van der Waals surface area (Å²) >= 11 is 0. The minimum Gasteiger partial charge on any atom is -0.481 e. The van der Waals surface area contributed by atoms with Gasteiger partial charge in [0.05, 0.1) is 23.8 Å². The molecule has 7 heteroatoms. The minimum atomic E-state index is -1.14. The number of hydrogen-bond donors (Lipinski definition) is 1. The molecule has 1 N–H and O–H groups in total. The largest absolute Gasteiger partial charge is 0.481 e. The van der Waals surface area contributed by atoms with E-state index < -0.39 is 11.4 Å². The number of esters is 1. The predicted octanol–water partition coefficient (Wildman–Crippen LogP) is 8.02. The summed E-state index contributed by atoms with van der Waals surface area (Å²) in [7, 11) is 2.18. The van der Waals surface area contributed by atoms with E-state index in [1.807, 2.05) is 0 Å². The molecule has 1 aliphatic heterocycles. The Morgan fingerprint density at radius 3 is 2.16 bits per heavy atom. The molecule has 1 saturated heterocycles. The van der Waals surface area contributed by atoms with Crippen molar-refractivity contribution in [3.8, 4) is 0 Å². The SMILES string of the molecule is CC(C)C1=C2[C@H]3CC[C@@H]4[C@@]5(C)CC[C@H](OC(=O)CC(C)(C)C(=O)O)C(C)(C)C5CC[C@@]4(C)[C@]3(C)CC[C@@]2(C(=O)CN2CCN(C)CC2)CC1. The van der Waals surface area contributed by atoms with Crippen LogP contribution in [0.3, 0.4) is 0 Å². The number of allylic oxidation sites excluding steroid dienone is 2. The third kappa shape index (κ3) is 5.69. The van der Waals surface area contributed by atoms with Gasteiger partial charge in [0.15, 0.2) is 5.78 Å². The van der Waals surface area contributed by atoms with Crippen molar-refractivity contribution in [2.75, 3.05) is 39.8 Å². The maximum absolute atomic E-state index is 14.6. The quantitative estimate of drug-likeness (QED) is 0.205. The van der Waals surface area contributed by atoms with Gasteiger partial charge in [-0.15, -0.1) is 0 Å². The monoisotopic (exact) mass is 681 g/mol. The van der Waals surface area contributed by atoms with Crippen molar-refractivity contribution in [2.45, 2.75) is 139 Å². The topological polar surface area (TPSA) is 87.2 Å². The van der Waals surface area contributed by atoms with E-state index in [0.29, 0.717) is 36.0 Å². The van der Waals surface area contributed by atoms with Gasteiger partial charge in [0, 0.05) is 31.6 Å². The molecule has 0 aromatic carbocycles. The van der Waals surface area contributed by atoms with Gasteiger partial charge in [0.25, 0.3) is 0 Å². The van der Waals surface area contributed by atoms with E-state index in [9.17, 15) is 19.5 Å². The van der Waals surface area contributed by atoms with Crippen LogP contribution in [-0.2, 0) is 19.1 Å². The first kappa shape index (κ1) is 37.0. The number of rotatable bonds is 8. The Balaban J connectivity index is 1.26. The molecule has 4 saturated carbocycles. The fraction of sp³-hybridized carbons (Fsp3) is 0.881. The zero-order valence-electron chi connectivity index (χ0n) is 32.7. The minimum absolute atomic E-state index is 0.106. The molecule has 0 bridgehead atoms. The summed E-state index contributed by atoms with van der Waals surface area (Å²) < 4.78 is 6.18. The molecule has 6 rings (SSSR count). The fourth-order valence-corrected chi connectivity index (χ4v) is 13.3. The molecule has 276 valence electrons. The maximum atomic E-state index is 14.6. The number of carboxylic acids is 1. The van der Waals surface area contributed by atoms with Crippen molar-refractivity contribution < 1.29 is 24.2 Å². The molecule has 0 aromatic heterocycles. The summed E-state index contributed by atoms with van der Waals surface area (Å²) in [5.41, 5.74) is 2.09. The number of fused-ring (bicyclic) bond motifs is 7. The fourth-order valence-electron chi connectivity index (χ4n) is 13.3. The molecule has 5 fully saturated rings. The lowest BCUT2D eigenvalue weighted by molar-refractivity contribution is -0.233. The van der Waals surface area contributed by atoms with Crippen LogP contribution in [0, 0.1) is 56.2 Å². The van der Waals surface area contributed by atoms with Gasteiger partial charge in [-0.3, -0.25) is 19.3 Å². The second-order valence-corrected chi connectivity index (χ2v) is 20.0. The summed E-state index contributed by atoms with van der Waals surface area (Å²) in [5, 5.41) is 9.60. The Morgan fingerprint density at radius 2 is 1.53 bits per heavy atom. The van der Waals surface area contributed by atoms with Crippen LogP contribution in [0.1, 0.15) is 133 Å². The molecular weight excluding hydrogens is 612 g/mol. The van der Waals surface area contributed by atoms with E-state index in [1.54, 1.807) is 25.0 Å². The Bertz CT molecular complexity index is 1370. The van der Waals surface area contributed by atoms with Crippen LogP contribution in [0.5, 0.6) is 0 Å². The molecular formula is C42H68N2O5. The van der Waals surface area contributed by atoms with E-state index in [4.69, 9.17) is 4.74 Å². The average Bonchev–Trinajstić information content (AvgIpc) is 3.41. The van der Waals surface area contributed by atoms with E-state index >= 15 is 0 Å². The lowest BCUT2D eigenvalue weighted by Gasteiger charge is -2.72. The third-order valence-corrected chi connectivity index (χ3v) is 16.5. The summed E-state index contributed by atoms with van der Waals surface area (Å²) in [6, 6.07) is 0. The van der Waals surface area contributed by atoms with Crippen LogP contribution in [0.15, 0.2) is 11.1 Å². The van der Waals surface area contributed by atoms with Crippen molar-refractivity contribution in [1.82, 2.24) is 9.80 Å². The highest BCUT2D eigenvalue weighted by atomic mass is 16.5. The van der Waals surface area contributed by atoms with Crippen molar-refractivity contribution >= 4 is 17.7 Å². The molecule has 1 heterocycles. The van der Waals surface area contributed by atoms with E-state index in [0.717, 1.165) is 71.1 Å². The number of hydrogen-bond acceptors (Lipinski definition) is 6. The first-order valence-corrected chi connectivity index (χ1v) is 19.8. The van der Waals surface area contributed by atoms with Crippen LogP contribution in [0.4, 0.5) is 0 Å². The average molecular weight is 681 g/mol. The van der Waals surface area contributed by atoms with Gasteiger partial charge in [-0.25, -0.2) is 0 Å². The van der Waals surface area contributed by atoms with Gasteiger partial charge in [-0.2, -0.15) is 0 Å². The third-order valence-electron chi connectivity index (χ3n) is 16.5. The molecule has 0 spiro atoms. The van der Waals surface area contributed by atoms with Gasteiger partial charge in [-0.1, -0.05) is 59.6 Å². The molecule has 0 radical (unpaired) electrons. The van der Waals surface area contributed by atoms with Gasteiger partial charge in [-0.05, 0) is 125 Å². The van der Waals surface area contributed by atoms with Gasteiger partial charge in [0.1, 0.15) is 6.10 Å². The summed E-state index contributed by atoms with van der Waals surface area (Å²) in [5.74, 6) is 1.12. The highest BCUT2D eigenvalue weighted by molar-refractivity contribution is 5.91. The van der Waals surface area contributed by atoms with E-state index in [-0.39, 0.29) is 45.6 Å². The molecule has 5 aliphatic carbocycles. The number of carboxylic acid groups (broad SMARTS) is 1. The normalized spacial score (nSPS) is 41.0. The Morgan fingerprint density at radius 1 is 0.857 bits per heavy atom. The van der Waals surface area contributed by atoms with Gasteiger partial charge < -0.3 is 14.7 Å². The number of ether oxygens (including phenoxy) is 1. The lowest BCUT2D eigenvalue weighted by atomic mass is 9.33. The maximum Gasteiger partial charge on any atom is 0.309 e. The Kier molecular flexibility index (Phi) is 9.41. The summed E-state index contributed by atoms with van der Waals surface area (Å²) in [6.07, 6.45) is 10.5. The highest BCUT2D eigenvalue weighted by Gasteiger charge is 2.70. The lowest BCUT2D eigenvalue weighted by Crippen LogP contribution is -2.66. The molecule has 0 aromatic rings. The van der Waals surface area contributed by atoms with Gasteiger partial charge >= 0.3 is 11.9 Å². The van der Waals surface area contributed by atoms with Crippen molar-refractivity contribution in [3.63, 3.8) is 0 Å². The van der Waals surface area contributed by atoms with Crippen LogP contribution >= 0.6 is 0 Å². The Labute approximate surface area is 297 Å². The number of piperazine rings is 1. The first-order chi connectivity index (χ1) is 22.7. The molecule has 1 unspecified atom stereocenters. The van der Waals surface area contributed by atoms with Crippen molar-refractivity contribution in [2.24, 2.45) is 56.2 Å². The standard InChI is InChI=1S/C42H68N2O5/c1-27(2)28-13-18-42(32(45)26-44-23-21-43(10)22-24-44)20-19-40(8)29(35(28)42)11-12-31-39(7)16-15-33(49-34(46)25-37(3,4)36(47)48)38(5,6)30(39)14-17-41(31,40)9/h27,29-31,33H,11-26H2,1-10H3,(H,47,48)/t29-,30?,31-,33+,39+,40-,41-,42-/m1/s1. The first-order valence-electron chi connectivity index (χ1n) is 19.8. The number of ketones is 1. The van der Waals surface area contributed by atoms with Crippen molar-refractivity contribution in [3.05, 3.63) is 11.1 Å². The number of likely N-dealkylation sites (N-methyl/N-ethyl adjacent to an activating group) is 1. The molecule has 7 nitrogen and oxygen atoms in total. The zero-order valence-corrected chi connectivity index (χ0v) is 32.7. The summed E-state index contributed by atoms with van der Waals surface area (Å²) in [6.45, 7) is 25.1. The number of nitrogens with zero attached hydrogens (tertiary/aromatic N) is 2. The van der Waals surface area contributed by atoms with E-state index in [2.05, 4.69) is 65.3 Å². The van der Waals surface area contributed by atoms with E-state index in [1.165, 1.54) is 19.3 Å². The highest BCUT2D eigenvalue weighted by Crippen LogP contribution is 2.77. The molecule has 6 aliphatic rings. The van der Waals surface area contributed by atoms with Crippen LogP contribution in [0.2, 0.25) is 0 Å². The molecule has 49 heavy (non-hydrogen) atoms. The zero-order chi connectivity index (χ0) is 35.9. The van der Waals surface area contributed by atoms with Crippen LogP contribution in [-0.4, -0.2) is 78.5 Å².